The Bertz CT molecular complexity index is 3120. The Morgan fingerprint density at radius 1 is 0.590 bits per heavy atom. The minimum Gasteiger partial charge on any atom is -0.334 e. The number of para-hydroxylation sites is 1. The van der Waals surface area contributed by atoms with Gasteiger partial charge in [-0.1, -0.05) is 160 Å². The molecule has 1 aromatic heterocycles. The lowest BCUT2D eigenvalue weighted by molar-refractivity contribution is 0.654. The molecule has 0 saturated heterocycles. The molecule has 2 nitrogen and oxygen atoms in total. The molecule has 8 aromatic rings. The highest BCUT2D eigenvalue weighted by Gasteiger charge is 2.39. The first kappa shape index (κ1) is 36.9. The minimum atomic E-state index is -0.0327. The maximum Gasteiger partial charge on any atom is 0.0560 e. The molecule has 0 amide bonds. The van der Waals surface area contributed by atoms with Gasteiger partial charge in [-0.25, -0.2) is 0 Å². The molecule has 3 aliphatic carbocycles. The van der Waals surface area contributed by atoms with Crippen LogP contribution in [0.25, 0.3) is 67.0 Å². The van der Waals surface area contributed by atoms with Crippen molar-refractivity contribution in [2.75, 3.05) is 4.90 Å². The molecular formula is C59H48N2. The second kappa shape index (κ2) is 14.8. The van der Waals surface area contributed by atoms with Crippen molar-refractivity contribution < 1.29 is 0 Å². The van der Waals surface area contributed by atoms with Crippen LogP contribution in [0, 0.1) is 0 Å². The number of benzene rings is 7. The topological polar surface area (TPSA) is 8.17 Å². The fourth-order valence-corrected chi connectivity index (χ4v) is 10.1. The summed E-state index contributed by atoms with van der Waals surface area (Å²) in [4.78, 5) is 2.56. The van der Waals surface area contributed by atoms with E-state index in [4.69, 9.17) is 0 Å². The largest absolute Gasteiger partial charge is 0.334 e. The zero-order chi connectivity index (χ0) is 41.1. The molecule has 7 aromatic carbocycles. The fourth-order valence-electron chi connectivity index (χ4n) is 10.1. The minimum absolute atomic E-state index is 0.0327. The molecule has 2 heteroatoms. The number of anilines is 2. The highest BCUT2D eigenvalue weighted by molar-refractivity contribution is 6.11. The predicted octanol–water partition coefficient (Wildman–Crippen LogP) is 15.7. The van der Waals surface area contributed by atoms with Crippen LogP contribution >= 0.6 is 0 Å². The van der Waals surface area contributed by atoms with Gasteiger partial charge in [-0.05, 0) is 141 Å². The summed E-state index contributed by atoms with van der Waals surface area (Å²) in [5.74, 6) is 0. The Labute approximate surface area is 359 Å². The first-order valence-corrected chi connectivity index (χ1v) is 21.7. The standard InChI is InChI=1S/C59H48N2/c1-4-40-19-21-43(22-20-40)45-27-35-57-53(37-45)54-38-46(28-36-58(54)61(57)47-15-9-6-10-16-47)44-25-31-49(32-26-44)60(48-29-23-42(24-30-48)41-13-7-5-8-14-41)50-33-34-52-51-17-11-12-18-55(51)59(2,3)56(52)39-50/h4-10,13-31,33-39,49H,1,11-12,32H2,2-3H3. The van der Waals surface area contributed by atoms with Crippen molar-refractivity contribution in [2.24, 2.45) is 0 Å². The predicted molar refractivity (Wildman–Crippen MR) is 261 cm³/mol. The fraction of sp³-hybridized carbons (Fsp3) is 0.119. The average Bonchev–Trinajstić information content (AvgIpc) is 3.77. The summed E-state index contributed by atoms with van der Waals surface area (Å²) >= 11 is 0. The molecule has 0 spiro atoms. The molecule has 0 N–H and O–H groups in total. The van der Waals surface area contributed by atoms with Crippen LogP contribution in [-0.4, -0.2) is 10.6 Å². The van der Waals surface area contributed by atoms with E-state index in [0.29, 0.717) is 0 Å². The molecule has 0 radical (unpaired) electrons. The molecular weight excluding hydrogens is 737 g/mol. The first-order valence-electron chi connectivity index (χ1n) is 21.7. The van der Waals surface area contributed by atoms with Gasteiger partial charge < -0.3 is 9.47 Å². The molecule has 0 aliphatic heterocycles. The van der Waals surface area contributed by atoms with Crippen LogP contribution in [0.4, 0.5) is 11.4 Å². The lowest BCUT2D eigenvalue weighted by Gasteiger charge is -2.34. The molecule has 3 aliphatic rings. The Morgan fingerprint density at radius 2 is 1.20 bits per heavy atom. The Kier molecular flexibility index (Phi) is 8.97. The lowest BCUT2D eigenvalue weighted by atomic mass is 9.80. The van der Waals surface area contributed by atoms with Gasteiger partial charge in [0, 0.05) is 33.2 Å². The molecule has 0 bridgehead atoms. The third-order valence-corrected chi connectivity index (χ3v) is 13.3. The van der Waals surface area contributed by atoms with Gasteiger partial charge in [-0.2, -0.15) is 0 Å². The molecule has 1 atom stereocenters. The van der Waals surface area contributed by atoms with E-state index in [1.54, 1.807) is 0 Å². The van der Waals surface area contributed by atoms with E-state index < -0.39 is 0 Å². The van der Waals surface area contributed by atoms with Gasteiger partial charge in [-0.3, -0.25) is 0 Å². The van der Waals surface area contributed by atoms with E-state index in [2.05, 4.69) is 224 Å². The summed E-state index contributed by atoms with van der Waals surface area (Å²) in [7, 11) is 0. The van der Waals surface area contributed by atoms with Gasteiger partial charge in [0.2, 0.25) is 0 Å². The quantitative estimate of drug-likeness (QED) is 0.149. The Balaban J connectivity index is 0.977. The summed E-state index contributed by atoms with van der Waals surface area (Å²) in [6, 6.07) is 60.5. The molecule has 61 heavy (non-hydrogen) atoms. The molecule has 1 heterocycles. The Morgan fingerprint density at radius 3 is 1.90 bits per heavy atom. The zero-order valence-corrected chi connectivity index (χ0v) is 34.9. The van der Waals surface area contributed by atoms with Crippen LogP contribution in [0.3, 0.4) is 0 Å². The van der Waals surface area contributed by atoms with Crippen LogP contribution in [-0.2, 0) is 5.41 Å². The SMILES string of the molecule is C=Cc1ccc(-c2ccc3c(c2)c2cc(C4=CCC(N(c5ccc(-c6ccccc6)cc5)c5ccc6c(c5)C(C)(C)C5=CCCC=C56)C=C4)ccc2n3-c2ccccc2)cc1. The molecule has 294 valence electrons. The average molecular weight is 785 g/mol. The summed E-state index contributed by atoms with van der Waals surface area (Å²) in [6.45, 7) is 8.75. The van der Waals surface area contributed by atoms with Crippen molar-refractivity contribution in [2.45, 2.75) is 44.6 Å². The zero-order valence-electron chi connectivity index (χ0n) is 34.9. The van der Waals surface area contributed by atoms with Crippen molar-refractivity contribution in [1.29, 1.82) is 0 Å². The Hall–Kier alpha value is -7.16. The molecule has 1 unspecified atom stereocenters. The number of hydrogen-bond donors (Lipinski definition) is 0. The maximum absolute atomic E-state index is 3.95. The van der Waals surface area contributed by atoms with Crippen molar-refractivity contribution in [3.63, 3.8) is 0 Å². The van der Waals surface area contributed by atoms with Crippen LogP contribution in [0.2, 0.25) is 0 Å². The van der Waals surface area contributed by atoms with Crippen molar-refractivity contribution in [3.05, 3.63) is 229 Å². The number of allylic oxidation sites excluding steroid dienone is 6. The summed E-state index contributed by atoms with van der Waals surface area (Å²) in [5.41, 5.74) is 20.2. The summed E-state index contributed by atoms with van der Waals surface area (Å²) < 4.78 is 2.40. The monoisotopic (exact) mass is 784 g/mol. The van der Waals surface area contributed by atoms with E-state index >= 15 is 0 Å². The third kappa shape index (κ3) is 6.33. The van der Waals surface area contributed by atoms with E-state index in [1.165, 1.54) is 88.8 Å². The van der Waals surface area contributed by atoms with Gasteiger partial charge in [0.25, 0.3) is 0 Å². The molecule has 11 rings (SSSR count). The van der Waals surface area contributed by atoms with Crippen molar-refractivity contribution in [1.82, 2.24) is 4.57 Å². The number of fused-ring (bicyclic) bond motifs is 6. The van der Waals surface area contributed by atoms with Gasteiger partial charge in [0.1, 0.15) is 0 Å². The van der Waals surface area contributed by atoms with Crippen molar-refractivity contribution >= 4 is 50.4 Å². The first-order chi connectivity index (χ1) is 29.9. The lowest BCUT2D eigenvalue weighted by Crippen LogP contribution is -2.30. The normalized spacial score (nSPS) is 16.4. The summed E-state index contributed by atoms with van der Waals surface area (Å²) in [5, 5.41) is 2.50. The number of aromatic nitrogens is 1. The summed E-state index contributed by atoms with van der Waals surface area (Å²) in [6.07, 6.45) is 17.2. The maximum atomic E-state index is 3.95. The van der Waals surface area contributed by atoms with E-state index in [9.17, 15) is 0 Å². The van der Waals surface area contributed by atoms with Gasteiger partial charge >= 0.3 is 0 Å². The van der Waals surface area contributed by atoms with Gasteiger partial charge in [-0.15, -0.1) is 0 Å². The van der Waals surface area contributed by atoms with Crippen LogP contribution in [0.5, 0.6) is 0 Å². The molecule has 0 saturated carbocycles. The van der Waals surface area contributed by atoms with Crippen LogP contribution in [0.1, 0.15) is 55.4 Å². The smallest absolute Gasteiger partial charge is 0.0560 e. The van der Waals surface area contributed by atoms with E-state index in [1.807, 2.05) is 6.08 Å². The van der Waals surface area contributed by atoms with Crippen LogP contribution < -0.4 is 4.90 Å². The number of hydrogen-bond acceptors (Lipinski definition) is 1. The number of rotatable bonds is 8. The van der Waals surface area contributed by atoms with Gasteiger partial charge in [0.15, 0.2) is 0 Å². The molecule has 0 fully saturated rings. The van der Waals surface area contributed by atoms with Crippen LogP contribution in [0.15, 0.2) is 206 Å². The van der Waals surface area contributed by atoms with Crippen molar-refractivity contribution in [3.8, 4) is 27.9 Å². The third-order valence-electron chi connectivity index (χ3n) is 13.3. The second-order valence-electron chi connectivity index (χ2n) is 17.2. The van der Waals surface area contributed by atoms with E-state index in [-0.39, 0.29) is 11.5 Å². The number of nitrogens with zero attached hydrogens (tertiary/aromatic N) is 2. The highest BCUT2D eigenvalue weighted by Crippen LogP contribution is 2.53. The van der Waals surface area contributed by atoms with Gasteiger partial charge in [0.05, 0.1) is 17.1 Å². The highest BCUT2D eigenvalue weighted by atomic mass is 15.2. The van der Waals surface area contributed by atoms with E-state index in [0.717, 1.165) is 30.5 Å². The second-order valence-corrected chi connectivity index (χ2v) is 17.2.